The molecular formula is C14H11N3O. The van der Waals surface area contributed by atoms with Crippen molar-refractivity contribution in [1.29, 1.82) is 0 Å². The molecule has 0 aliphatic carbocycles. The van der Waals surface area contributed by atoms with E-state index in [2.05, 4.69) is 10.3 Å². The zero-order valence-electron chi connectivity index (χ0n) is 9.56. The van der Waals surface area contributed by atoms with Gasteiger partial charge < -0.3 is 5.11 Å². The van der Waals surface area contributed by atoms with Gasteiger partial charge in [0.15, 0.2) is 0 Å². The third kappa shape index (κ3) is 1.84. The van der Waals surface area contributed by atoms with E-state index in [-0.39, 0.29) is 5.75 Å². The van der Waals surface area contributed by atoms with Gasteiger partial charge in [-0.3, -0.25) is 0 Å². The SMILES string of the molecule is Oc1ccc(-c2cnnn2-c2ccccc2)cc1. The molecule has 0 saturated heterocycles. The van der Waals surface area contributed by atoms with E-state index < -0.39 is 0 Å². The quantitative estimate of drug-likeness (QED) is 0.745. The molecule has 0 fully saturated rings. The summed E-state index contributed by atoms with van der Waals surface area (Å²) in [5.41, 5.74) is 2.81. The first-order chi connectivity index (χ1) is 8.84. The Balaban J connectivity index is 2.10. The fourth-order valence-electron chi connectivity index (χ4n) is 1.82. The number of nitrogens with zero attached hydrogens (tertiary/aromatic N) is 3. The summed E-state index contributed by atoms with van der Waals surface area (Å²) in [5.74, 6) is 0.248. The minimum absolute atomic E-state index is 0.248. The maximum Gasteiger partial charge on any atom is 0.115 e. The summed E-state index contributed by atoms with van der Waals surface area (Å²) in [5, 5.41) is 17.3. The zero-order valence-corrected chi connectivity index (χ0v) is 9.56. The molecule has 1 aromatic heterocycles. The smallest absolute Gasteiger partial charge is 0.115 e. The fourth-order valence-corrected chi connectivity index (χ4v) is 1.82. The Morgan fingerprint density at radius 2 is 1.61 bits per heavy atom. The molecule has 18 heavy (non-hydrogen) atoms. The molecule has 0 saturated carbocycles. The number of phenolic OH excluding ortho intramolecular Hbond substituents is 1. The van der Waals surface area contributed by atoms with Crippen LogP contribution in [0.2, 0.25) is 0 Å². The molecule has 0 amide bonds. The maximum atomic E-state index is 9.30. The van der Waals surface area contributed by atoms with E-state index in [0.717, 1.165) is 16.9 Å². The molecule has 88 valence electrons. The predicted octanol–water partition coefficient (Wildman–Crippen LogP) is 2.64. The summed E-state index contributed by atoms with van der Waals surface area (Å²) in [7, 11) is 0. The maximum absolute atomic E-state index is 9.30. The third-order valence-corrected chi connectivity index (χ3v) is 2.71. The lowest BCUT2D eigenvalue weighted by molar-refractivity contribution is 0.475. The van der Waals surface area contributed by atoms with Crippen LogP contribution in [-0.2, 0) is 0 Å². The van der Waals surface area contributed by atoms with Gasteiger partial charge in [0.2, 0.25) is 0 Å². The van der Waals surface area contributed by atoms with Crippen LogP contribution in [0, 0.1) is 0 Å². The first kappa shape index (κ1) is 10.5. The summed E-state index contributed by atoms with van der Waals surface area (Å²) >= 11 is 0. The van der Waals surface area contributed by atoms with Crippen molar-refractivity contribution in [2.75, 3.05) is 0 Å². The van der Waals surface area contributed by atoms with Gasteiger partial charge in [0.05, 0.1) is 17.6 Å². The van der Waals surface area contributed by atoms with Crippen LogP contribution in [0.25, 0.3) is 16.9 Å². The van der Waals surface area contributed by atoms with E-state index in [1.165, 1.54) is 0 Å². The van der Waals surface area contributed by atoms with Gasteiger partial charge in [0.1, 0.15) is 5.75 Å². The highest BCUT2D eigenvalue weighted by atomic mass is 16.3. The minimum atomic E-state index is 0.248. The molecule has 0 aliphatic heterocycles. The van der Waals surface area contributed by atoms with Gasteiger partial charge >= 0.3 is 0 Å². The van der Waals surface area contributed by atoms with Crippen LogP contribution >= 0.6 is 0 Å². The summed E-state index contributed by atoms with van der Waals surface area (Å²) in [4.78, 5) is 0. The van der Waals surface area contributed by atoms with Crippen molar-refractivity contribution in [3.63, 3.8) is 0 Å². The van der Waals surface area contributed by atoms with Crippen molar-refractivity contribution in [3.05, 3.63) is 60.8 Å². The van der Waals surface area contributed by atoms with Crippen LogP contribution in [0.4, 0.5) is 0 Å². The summed E-state index contributed by atoms with van der Waals surface area (Å²) < 4.78 is 1.77. The van der Waals surface area contributed by atoms with Gasteiger partial charge in [-0.2, -0.15) is 0 Å². The van der Waals surface area contributed by atoms with Gasteiger partial charge in [0.25, 0.3) is 0 Å². The molecule has 0 unspecified atom stereocenters. The molecule has 0 bridgehead atoms. The van der Waals surface area contributed by atoms with E-state index in [1.54, 1.807) is 23.0 Å². The second-order valence-electron chi connectivity index (χ2n) is 3.91. The van der Waals surface area contributed by atoms with Gasteiger partial charge in [0, 0.05) is 5.56 Å². The molecule has 2 aromatic carbocycles. The van der Waals surface area contributed by atoms with Crippen molar-refractivity contribution in [2.45, 2.75) is 0 Å². The number of hydrogen-bond acceptors (Lipinski definition) is 3. The van der Waals surface area contributed by atoms with Crippen LogP contribution in [-0.4, -0.2) is 20.1 Å². The van der Waals surface area contributed by atoms with Gasteiger partial charge in [-0.05, 0) is 36.4 Å². The zero-order chi connectivity index (χ0) is 12.4. The van der Waals surface area contributed by atoms with E-state index in [0.29, 0.717) is 0 Å². The Hall–Kier alpha value is -2.62. The van der Waals surface area contributed by atoms with E-state index >= 15 is 0 Å². The monoisotopic (exact) mass is 237 g/mol. The first-order valence-corrected chi connectivity index (χ1v) is 5.60. The second-order valence-corrected chi connectivity index (χ2v) is 3.91. The highest BCUT2D eigenvalue weighted by Crippen LogP contribution is 2.23. The van der Waals surface area contributed by atoms with Gasteiger partial charge in [-0.15, -0.1) is 5.10 Å². The highest BCUT2D eigenvalue weighted by molar-refractivity contribution is 5.61. The number of benzene rings is 2. The highest BCUT2D eigenvalue weighted by Gasteiger charge is 2.07. The number of para-hydroxylation sites is 1. The molecule has 1 N–H and O–H groups in total. The molecule has 0 radical (unpaired) electrons. The van der Waals surface area contributed by atoms with Crippen LogP contribution in [0.5, 0.6) is 5.75 Å². The molecule has 3 aromatic rings. The number of hydrogen-bond donors (Lipinski definition) is 1. The van der Waals surface area contributed by atoms with E-state index in [9.17, 15) is 5.11 Å². The third-order valence-electron chi connectivity index (χ3n) is 2.71. The molecule has 0 spiro atoms. The van der Waals surface area contributed by atoms with Crippen molar-refractivity contribution in [1.82, 2.24) is 15.0 Å². The van der Waals surface area contributed by atoms with Crippen LogP contribution in [0.15, 0.2) is 60.8 Å². The Kier molecular flexibility index (Phi) is 2.53. The normalized spacial score (nSPS) is 10.4. The lowest BCUT2D eigenvalue weighted by Gasteiger charge is -2.05. The Labute approximate surface area is 104 Å². The molecule has 0 atom stereocenters. The number of aromatic hydroxyl groups is 1. The molecule has 1 heterocycles. The molecule has 0 aliphatic rings. The minimum Gasteiger partial charge on any atom is -0.508 e. The Morgan fingerprint density at radius 1 is 0.889 bits per heavy atom. The fraction of sp³-hybridized carbons (Fsp3) is 0. The largest absolute Gasteiger partial charge is 0.508 e. The second kappa shape index (κ2) is 4.33. The van der Waals surface area contributed by atoms with Crippen molar-refractivity contribution >= 4 is 0 Å². The molecule has 3 rings (SSSR count). The summed E-state index contributed by atoms with van der Waals surface area (Å²) in [6, 6.07) is 16.8. The predicted molar refractivity (Wildman–Crippen MR) is 68.5 cm³/mol. The van der Waals surface area contributed by atoms with Crippen molar-refractivity contribution < 1.29 is 5.11 Å². The number of rotatable bonds is 2. The Morgan fingerprint density at radius 3 is 2.33 bits per heavy atom. The summed E-state index contributed by atoms with van der Waals surface area (Å²) in [6.07, 6.45) is 1.71. The molecule has 4 nitrogen and oxygen atoms in total. The van der Waals surface area contributed by atoms with Crippen molar-refractivity contribution in [3.8, 4) is 22.7 Å². The topological polar surface area (TPSA) is 50.9 Å². The average molecular weight is 237 g/mol. The van der Waals surface area contributed by atoms with Gasteiger partial charge in [-0.25, -0.2) is 4.68 Å². The Bertz CT molecular complexity index is 644. The van der Waals surface area contributed by atoms with E-state index in [4.69, 9.17) is 0 Å². The average Bonchev–Trinajstić information content (AvgIpc) is 2.90. The number of phenols is 1. The van der Waals surface area contributed by atoms with Crippen LogP contribution in [0.3, 0.4) is 0 Å². The number of aromatic nitrogens is 3. The molecule has 4 heteroatoms. The molecular weight excluding hydrogens is 226 g/mol. The first-order valence-electron chi connectivity index (χ1n) is 5.60. The van der Waals surface area contributed by atoms with Crippen LogP contribution in [0.1, 0.15) is 0 Å². The lowest BCUT2D eigenvalue weighted by atomic mass is 10.1. The lowest BCUT2D eigenvalue weighted by Crippen LogP contribution is -1.98. The van der Waals surface area contributed by atoms with Crippen molar-refractivity contribution in [2.24, 2.45) is 0 Å². The summed E-state index contributed by atoms with van der Waals surface area (Å²) in [6.45, 7) is 0. The standard InChI is InChI=1S/C14H11N3O/c18-13-8-6-11(7-9-13)14-10-15-16-17(14)12-4-2-1-3-5-12/h1-10,18H. The van der Waals surface area contributed by atoms with Crippen LogP contribution < -0.4 is 0 Å². The van der Waals surface area contributed by atoms with E-state index in [1.807, 2.05) is 42.5 Å². The van der Waals surface area contributed by atoms with Gasteiger partial charge in [-0.1, -0.05) is 23.4 Å².